The molecule has 0 bridgehead atoms. The van der Waals surface area contributed by atoms with Gasteiger partial charge >= 0.3 is 0 Å². The Labute approximate surface area is 128 Å². The van der Waals surface area contributed by atoms with Gasteiger partial charge in [0, 0.05) is 37.5 Å². The van der Waals surface area contributed by atoms with Crippen molar-refractivity contribution in [2.45, 2.75) is 64.1 Å². The average Bonchev–Trinajstić information content (AvgIpc) is 3.23. The Morgan fingerprint density at radius 1 is 1.24 bits per heavy atom. The molecule has 2 N–H and O–H groups in total. The van der Waals surface area contributed by atoms with Gasteiger partial charge in [0.15, 0.2) is 0 Å². The number of aliphatic hydroxyl groups excluding tert-OH is 1. The van der Waals surface area contributed by atoms with E-state index in [4.69, 9.17) is 5.11 Å². The van der Waals surface area contributed by atoms with Crippen LogP contribution in [0.5, 0.6) is 0 Å². The predicted molar refractivity (Wildman–Crippen MR) is 87.7 cm³/mol. The topological polar surface area (TPSA) is 35.5 Å². The van der Waals surface area contributed by atoms with E-state index in [-0.39, 0.29) is 6.61 Å². The maximum absolute atomic E-state index is 9.14. The Bertz CT molecular complexity index is 466. The molecule has 0 aliphatic heterocycles. The number of aryl methyl sites for hydroxylation is 1. The molecular formula is C18H28N2O. The minimum absolute atomic E-state index is 0.283. The highest BCUT2D eigenvalue weighted by molar-refractivity contribution is 5.55. The molecular weight excluding hydrogens is 260 g/mol. The van der Waals surface area contributed by atoms with Crippen LogP contribution < -0.4 is 10.2 Å². The third-order valence-corrected chi connectivity index (χ3v) is 4.82. The first-order valence-corrected chi connectivity index (χ1v) is 8.48. The zero-order chi connectivity index (χ0) is 14.7. The van der Waals surface area contributed by atoms with Crippen LogP contribution in [0.3, 0.4) is 0 Å². The lowest BCUT2D eigenvalue weighted by Crippen LogP contribution is -2.41. The van der Waals surface area contributed by atoms with Crippen molar-refractivity contribution in [3.63, 3.8) is 0 Å². The monoisotopic (exact) mass is 288 g/mol. The van der Waals surface area contributed by atoms with Crippen LogP contribution in [-0.4, -0.2) is 30.3 Å². The van der Waals surface area contributed by atoms with E-state index in [1.54, 1.807) is 0 Å². The Morgan fingerprint density at radius 3 is 2.62 bits per heavy atom. The van der Waals surface area contributed by atoms with Crippen molar-refractivity contribution in [1.82, 2.24) is 5.32 Å². The van der Waals surface area contributed by atoms with Crippen molar-refractivity contribution in [2.75, 3.05) is 18.1 Å². The van der Waals surface area contributed by atoms with Crippen molar-refractivity contribution in [2.24, 2.45) is 0 Å². The van der Waals surface area contributed by atoms with Crippen molar-refractivity contribution >= 4 is 5.69 Å². The maximum atomic E-state index is 9.14. The van der Waals surface area contributed by atoms with E-state index in [1.807, 2.05) is 0 Å². The summed E-state index contributed by atoms with van der Waals surface area (Å²) in [5.41, 5.74) is 4.12. The van der Waals surface area contributed by atoms with Gasteiger partial charge in [-0.05, 0) is 62.6 Å². The summed E-state index contributed by atoms with van der Waals surface area (Å²) in [6.45, 7) is 4.47. The molecule has 3 heteroatoms. The molecule has 0 unspecified atom stereocenters. The Morgan fingerprint density at radius 2 is 2.05 bits per heavy atom. The lowest BCUT2D eigenvalue weighted by Gasteiger charge is -2.40. The number of hydrogen-bond donors (Lipinski definition) is 2. The van der Waals surface area contributed by atoms with E-state index in [0.717, 1.165) is 25.6 Å². The first-order chi connectivity index (χ1) is 10.3. The maximum Gasteiger partial charge on any atom is 0.0447 e. The van der Waals surface area contributed by atoms with Gasteiger partial charge in [-0.1, -0.05) is 12.1 Å². The van der Waals surface area contributed by atoms with Gasteiger partial charge in [0.1, 0.15) is 0 Å². The second-order valence-electron chi connectivity index (χ2n) is 6.63. The number of benzene rings is 1. The zero-order valence-electron chi connectivity index (χ0n) is 13.1. The number of rotatable bonds is 8. The second kappa shape index (κ2) is 6.80. The molecule has 0 amide bonds. The predicted octanol–water partition coefficient (Wildman–Crippen LogP) is 2.99. The smallest absolute Gasteiger partial charge is 0.0447 e. The number of nitrogens with one attached hydrogen (secondary N) is 1. The van der Waals surface area contributed by atoms with Crippen LogP contribution >= 0.6 is 0 Å². The van der Waals surface area contributed by atoms with Crippen molar-refractivity contribution < 1.29 is 5.11 Å². The summed E-state index contributed by atoms with van der Waals surface area (Å²) >= 11 is 0. The summed E-state index contributed by atoms with van der Waals surface area (Å²) in [4.78, 5) is 2.52. The molecule has 0 atom stereocenters. The molecule has 2 aliphatic rings. The van der Waals surface area contributed by atoms with Gasteiger partial charge in [-0.3, -0.25) is 0 Å². The highest BCUT2D eigenvalue weighted by atomic mass is 16.3. The minimum atomic E-state index is 0.283. The first-order valence-electron chi connectivity index (χ1n) is 8.48. The van der Waals surface area contributed by atoms with E-state index in [2.05, 4.69) is 35.3 Å². The van der Waals surface area contributed by atoms with Gasteiger partial charge in [-0.25, -0.2) is 0 Å². The van der Waals surface area contributed by atoms with Crippen LogP contribution in [0, 0.1) is 6.92 Å². The zero-order valence-corrected chi connectivity index (χ0v) is 13.1. The molecule has 0 saturated heterocycles. The first kappa shape index (κ1) is 14.9. The summed E-state index contributed by atoms with van der Waals surface area (Å²) in [6.07, 6.45) is 7.50. The normalized spacial score (nSPS) is 18.6. The Balaban J connectivity index is 1.68. The number of hydrogen-bond acceptors (Lipinski definition) is 3. The summed E-state index contributed by atoms with van der Waals surface area (Å²) in [6, 6.07) is 8.33. The number of anilines is 1. The molecule has 3 nitrogen and oxygen atoms in total. The molecule has 1 aromatic rings. The van der Waals surface area contributed by atoms with E-state index in [9.17, 15) is 0 Å². The molecule has 2 saturated carbocycles. The highest BCUT2D eigenvalue weighted by Gasteiger charge is 2.26. The van der Waals surface area contributed by atoms with Crippen molar-refractivity contribution in [1.29, 1.82) is 0 Å². The van der Waals surface area contributed by atoms with Crippen molar-refractivity contribution in [3.8, 4) is 0 Å². The van der Waals surface area contributed by atoms with Crippen LogP contribution in [-0.2, 0) is 6.54 Å². The van der Waals surface area contributed by atoms with Crippen LogP contribution in [0.2, 0.25) is 0 Å². The highest BCUT2D eigenvalue weighted by Crippen LogP contribution is 2.32. The third-order valence-electron chi connectivity index (χ3n) is 4.82. The van der Waals surface area contributed by atoms with Gasteiger partial charge < -0.3 is 15.3 Å². The van der Waals surface area contributed by atoms with Crippen molar-refractivity contribution in [3.05, 3.63) is 29.3 Å². The largest absolute Gasteiger partial charge is 0.396 e. The molecule has 3 rings (SSSR count). The lowest BCUT2D eigenvalue weighted by atomic mass is 9.90. The van der Waals surface area contributed by atoms with Crippen LogP contribution in [0.4, 0.5) is 5.69 Å². The summed E-state index contributed by atoms with van der Waals surface area (Å²) in [5, 5.41) is 12.7. The van der Waals surface area contributed by atoms with E-state index < -0.39 is 0 Å². The molecule has 2 aliphatic carbocycles. The summed E-state index contributed by atoms with van der Waals surface area (Å²) in [5.74, 6) is 0. The van der Waals surface area contributed by atoms with Gasteiger partial charge in [0.05, 0.1) is 0 Å². The molecule has 2 fully saturated rings. The fourth-order valence-corrected chi connectivity index (χ4v) is 3.14. The summed E-state index contributed by atoms with van der Waals surface area (Å²) < 4.78 is 0. The average molecular weight is 288 g/mol. The lowest BCUT2D eigenvalue weighted by molar-refractivity contribution is 0.283. The van der Waals surface area contributed by atoms with Crippen LogP contribution in [0.25, 0.3) is 0 Å². The Hall–Kier alpha value is -1.06. The SMILES string of the molecule is Cc1cc(CNC2CC2)ccc1N(CCCO)C1CCC1. The van der Waals surface area contributed by atoms with Gasteiger partial charge in [0.25, 0.3) is 0 Å². The van der Waals surface area contributed by atoms with Gasteiger partial charge in [0.2, 0.25) is 0 Å². The molecule has 0 radical (unpaired) electrons. The standard InChI is InChI=1S/C18H28N2O/c1-14-12-15(13-19-16-7-8-16)6-9-18(14)20(10-3-11-21)17-4-2-5-17/h6,9,12,16-17,19,21H,2-5,7-8,10-11,13H2,1H3. The van der Waals surface area contributed by atoms with Crippen LogP contribution in [0.1, 0.15) is 49.7 Å². The van der Waals surface area contributed by atoms with E-state index >= 15 is 0 Å². The number of aliphatic hydroxyl groups is 1. The fraction of sp³-hybridized carbons (Fsp3) is 0.667. The molecule has 116 valence electrons. The van der Waals surface area contributed by atoms with E-state index in [1.165, 1.54) is 48.9 Å². The minimum Gasteiger partial charge on any atom is -0.396 e. The van der Waals surface area contributed by atoms with E-state index in [0.29, 0.717) is 6.04 Å². The molecule has 0 aromatic heterocycles. The molecule has 1 aromatic carbocycles. The molecule has 0 spiro atoms. The number of nitrogens with zero attached hydrogens (tertiary/aromatic N) is 1. The Kier molecular flexibility index (Phi) is 4.81. The molecule has 21 heavy (non-hydrogen) atoms. The van der Waals surface area contributed by atoms with Gasteiger partial charge in [-0.2, -0.15) is 0 Å². The third kappa shape index (κ3) is 3.78. The second-order valence-corrected chi connectivity index (χ2v) is 6.63. The summed E-state index contributed by atoms with van der Waals surface area (Å²) in [7, 11) is 0. The molecule has 0 heterocycles. The van der Waals surface area contributed by atoms with Crippen LogP contribution in [0.15, 0.2) is 18.2 Å². The quantitative estimate of drug-likeness (QED) is 0.772. The fourth-order valence-electron chi connectivity index (χ4n) is 3.14. The van der Waals surface area contributed by atoms with Gasteiger partial charge in [-0.15, -0.1) is 0 Å².